The van der Waals surface area contributed by atoms with Gasteiger partial charge in [-0.15, -0.1) is 0 Å². The molecule has 0 saturated carbocycles. The van der Waals surface area contributed by atoms with E-state index >= 15 is 0 Å². The summed E-state index contributed by atoms with van der Waals surface area (Å²) in [6, 6.07) is 2.84. The molecule has 6 unspecified atom stereocenters. The van der Waals surface area contributed by atoms with Gasteiger partial charge in [-0.1, -0.05) is 38.5 Å². The van der Waals surface area contributed by atoms with Crippen molar-refractivity contribution in [1.82, 2.24) is 20.9 Å². The van der Waals surface area contributed by atoms with E-state index in [1.165, 1.54) is 18.7 Å². The van der Waals surface area contributed by atoms with Crippen LogP contribution in [0.4, 0.5) is 0 Å². The summed E-state index contributed by atoms with van der Waals surface area (Å²) in [6.07, 6.45) is 3.16. The van der Waals surface area contributed by atoms with Crippen LogP contribution in [0.5, 0.6) is 0 Å². The standard InChI is InChI=1S/C26H39N5O6S/c1-5-14(2)21(27)24(34)29-19(10-11-38-4)23(33)31-22(15(3)32)25(35)30-20(26(36)37)12-16-13-28-18-9-7-6-8-17(16)18/h6-9,13-15,19-22,28,32H,5,10-12,27H2,1-4H3,(H,29,34)(H,30,35)(H,31,33)(H,36,37). The highest BCUT2D eigenvalue weighted by Gasteiger charge is 2.33. The number of carboxylic acids is 1. The van der Waals surface area contributed by atoms with Crippen molar-refractivity contribution in [3.63, 3.8) is 0 Å². The Hall–Kier alpha value is -3.09. The summed E-state index contributed by atoms with van der Waals surface area (Å²) in [5, 5.41) is 28.4. The molecule has 2 rings (SSSR count). The van der Waals surface area contributed by atoms with Crippen LogP contribution in [0.15, 0.2) is 30.5 Å². The van der Waals surface area contributed by atoms with Gasteiger partial charge in [0, 0.05) is 23.5 Å². The average Bonchev–Trinajstić information content (AvgIpc) is 3.30. The van der Waals surface area contributed by atoms with Crippen molar-refractivity contribution in [2.45, 2.75) is 70.3 Å². The van der Waals surface area contributed by atoms with Crippen LogP contribution in [-0.2, 0) is 25.6 Å². The lowest BCUT2D eigenvalue weighted by Gasteiger charge is -2.27. The topological polar surface area (TPSA) is 187 Å². The number of aliphatic hydroxyl groups excluding tert-OH is 1. The number of carbonyl (C=O) groups excluding carboxylic acids is 3. The lowest BCUT2D eigenvalue weighted by atomic mass is 9.99. The smallest absolute Gasteiger partial charge is 0.326 e. The Morgan fingerprint density at radius 1 is 1.03 bits per heavy atom. The van der Waals surface area contributed by atoms with Gasteiger partial charge in [-0.05, 0) is 42.9 Å². The second-order valence-corrected chi connectivity index (χ2v) is 10.4. The van der Waals surface area contributed by atoms with E-state index in [-0.39, 0.29) is 18.8 Å². The summed E-state index contributed by atoms with van der Waals surface area (Å²) in [5.41, 5.74) is 7.54. The first-order valence-electron chi connectivity index (χ1n) is 12.6. The Labute approximate surface area is 226 Å². The van der Waals surface area contributed by atoms with Gasteiger partial charge in [-0.2, -0.15) is 11.8 Å². The molecule has 0 fully saturated rings. The van der Waals surface area contributed by atoms with Gasteiger partial charge in [0.25, 0.3) is 0 Å². The molecule has 12 heteroatoms. The molecule has 0 aliphatic heterocycles. The molecule has 0 bridgehead atoms. The third-order valence-electron chi connectivity index (χ3n) is 6.58. The molecule has 0 spiro atoms. The van der Waals surface area contributed by atoms with E-state index in [0.29, 0.717) is 17.7 Å². The van der Waals surface area contributed by atoms with Gasteiger partial charge >= 0.3 is 5.97 Å². The Balaban J connectivity index is 2.14. The minimum Gasteiger partial charge on any atom is -0.480 e. The van der Waals surface area contributed by atoms with Crippen molar-refractivity contribution in [3.8, 4) is 0 Å². The predicted octanol–water partition coefficient (Wildman–Crippen LogP) is 0.757. The van der Waals surface area contributed by atoms with Gasteiger partial charge in [-0.25, -0.2) is 4.79 Å². The number of aromatic nitrogens is 1. The van der Waals surface area contributed by atoms with Gasteiger partial charge in [0.1, 0.15) is 18.1 Å². The lowest BCUT2D eigenvalue weighted by molar-refractivity contribution is -0.143. The first kappa shape index (κ1) is 31.1. The van der Waals surface area contributed by atoms with Crippen molar-refractivity contribution >= 4 is 46.4 Å². The van der Waals surface area contributed by atoms with E-state index in [1.54, 1.807) is 6.20 Å². The van der Waals surface area contributed by atoms with E-state index in [9.17, 15) is 29.4 Å². The minimum atomic E-state index is -1.44. The average molecular weight is 550 g/mol. The molecular formula is C26H39N5O6S. The van der Waals surface area contributed by atoms with Crippen LogP contribution in [0, 0.1) is 5.92 Å². The fourth-order valence-corrected chi connectivity index (χ4v) is 4.40. The molecule has 210 valence electrons. The van der Waals surface area contributed by atoms with E-state index in [2.05, 4.69) is 20.9 Å². The van der Waals surface area contributed by atoms with Gasteiger partial charge in [0.2, 0.25) is 17.7 Å². The number of carbonyl (C=O) groups is 4. The molecule has 2 aromatic rings. The zero-order valence-corrected chi connectivity index (χ0v) is 23.0. The summed E-state index contributed by atoms with van der Waals surface area (Å²) in [7, 11) is 0. The number of rotatable bonds is 15. The van der Waals surface area contributed by atoms with E-state index < -0.39 is 54.0 Å². The van der Waals surface area contributed by atoms with E-state index in [0.717, 1.165) is 10.9 Å². The molecule has 0 radical (unpaired) electrons. The van der Waals surface area contributed by atoms with E-state index in [4.69, 9.17) is 5.73 Å². The maximum absolute atomic E-state index is 13.1. The monoisotopic (exact) mass is 549 g/mol. The number of nitrogens with one attached hydrogen (secondary N) is 4. The molecule has 0 saturated heterocycles. The second kappa shape index (κ2) is 14.7. The van der Waals surface area contributed by atoms with Crippen LogP contribution in [0.25, 0.3) is 10.9 Å². The number of aliphatic carboxylic acids is 1. The van der Waals surface area contributed by atoms with Crippen molar-refractivity contribution in [1.29, 1.82) is 0 Å². The van der Waals surface area contributed by atoms with Crippen molar-refractivity contribution < 1.29 is 29.4 Å². The first-order valence-corrected chi connectivity index (χ1v) is 14.0. The molecule has 3 amide bonds. The van der Waals surface area contributed by atoms with E-state index in [1.807, 2.05) is 44.4 Å². The number of aliphatic hydroxyl groups is 1. The quantitative estimate of drug-likeness (QED) is 0.170. The normalized spacial score (nSPS) is 16.1. The van der Waals surface area contributed by atoms with Gasteiger partial charge < -0.3 is 36.9 Å². The molecular weight excluding hydrogens is 510 g/mol. The zero-order valence-electron chi connectivity index (χ0n) is 22.2. The lowest BCUT2D eigenvalue weighted by Crippen LogP contribution is -2.60. The summed E-state index contributed by atoms with van der Waals surface area (Å²) < 4.78 is 0. The number of para-hydroxylation sites is 1. The Kier molecular flexibility index (Phi) is 12.1. The maximum Gasteiger partial charge on any atom is 0.326 e. The Morgan fingerprint density at radius 2 is 1.68 bits per heavy atom. The fourth-order valence-electron chi connectivity index (χ4n) is 3.93. The van der Waals surface area contributed by atoms with Crippen LogP contribution < -0.4 is 21.7 Å². The highest BCUT2D eigenvalue weighted by Crippen LogP contribution is 2.19. The summed E-state index contributed by atoms with van der Waals surface area (Å²) >= 11 is 1.48. The van der Waals surface area contributed by atoms with Crippen LogP contribution in [0.2, 0.25) is 0 Å². The Morgan fingerprint density at radius 3 is 2.29 bits per heavy atom. The number of carboxylic acid groups (broad SMARTS) is 1. The molecule has 11 nitrogen and oxygen atoms in total. The first-order chi connectivity index (χ1) is 18.0. The molecule has 0 aliphatic rings. The third-order valence-corrected chi connectivity index (χ3v) is 7.22. The number of nitrogens with two attached hydrogens (primary N) is 1. The SMILES string of the molecule is CCC(C)C(N)C(=O)NC(CCSC)C(=O)NC(C(=O)NC(Cc1c[nH]c2ccccc12)C(=O)O)C(C)O. The van der Waals surface area contributed by atoms with Crippen LogP contribution in [0.3, 0.4) is 0 Å². The predicted molar refractivity (Wildman–Crippen MR) is 148 cm³/mol. The number of H-pyrrole nitrogens is 1. The van der Waals surface area contributed by atoms with Crippen LogP contribution in [-0.4, -0.2) is 81.2 Å². The van der Waals surface area contributed by atoms with Gasteiger partial charge in [0.15, 0.2) is 0 Å². The number of fused-ring (bicyclic) bond motifs is 1. The Bertz CT molecular complexity index is 1110. The number of benzene rings is 1. The molecule has 6 atom stereocenters. The molecule has 1 aromatic carbocycles. The number of hydrogen-bond donors (Lipinski definition) is 7. The van der Waals surface area contributed by atoms with Gasteiger partial charge in [-0.3, -0.25) is 14.4 Å². The van der Waals surface area contributed by atoms with Crippen molar-refractivity contribution in [3.05, 3.63) is 36.0 Å². The van der Waals surface area contributed by atoms with Gasteiger partial charge in [0.05, 0.1) is 12.1 Å². The molecule has 38 heavy (non-hydrogen) atoms. The van der Waals surface area contributed by atoms with Crippen LogP contribution in [0.1, 0.15) is 39.2 Å². The zero-order chi connectivity index (χ0) is 28.4. The number of thioether (sulfide) groups is 1. The maximum atomic E-state index is 13.1. The second-order valence-electron chi connectivity index (χ2n) is 9.44. The largest absolute Gasteiger partial charge is 0.480 e. The summed E-state index contributed by atoms with van der Waals surface area (Å²) in [6.45, 7) is 5.06. The molecule has 1 heterocycles. The number of aromatic amines is 1. The third kappa shape index (κ3) is 8.47. The highest BCUT2D eigenvalue weighted by atomic mass is 32.2. The van der Waals surface area contributed by atoms with Crippen LogP contribution >= 0.6 is 11.8 Å². The molecule has 0 aliphatic carbocycles. The van der Waals surface area contributed by atoms with Crippen molar-refractivity contribution in [2.75, 3.05) is 12.0 Å². The molecule has 8 N–H and O–H groups in total. The fraction of sp³-hybridized carbons (Fsp3) is 0.538. The number of hydrogen-bond acceptors (Lipinski definition) is 7. The summed E-state index contributed by atoms with van der Waals surface area (Å²) in [5.74, 6) is -2.82. The minimum absolute atomic E-state index is 0.00846. The van der Waals surface area contributed by atoms with Crippen molar-refractivity contribution in [2.24, 2.45) is 11.7 Å². The molecule has 1 aromatic heterocycles. The highest BCUT2D eigenvalue weighted by molar-refractivity contribution is 7.98. The number of amides is 3. The summed E-state index contributed by atoms with van der Waals surface area (Å²) in [4.78, 5) is 53.8.